The maximum Gasteiger partial charge on any atom is 0.254 e. The van der Waals surface area contributed by atoms with Gasteiger partial charge in [0.2, 0.25) is 6.79 Å². The Labute approximate surface area is 165 Å². The van der Waals surface area contributed by atoms with Crippen LogP contribution in [0, 0.1) is 0 Å². The van der Waals surface area contributed by atoms with Crippen molar-refractivity contribution in [1.82, 2.24) is 9.88 Å². The molecule has 3 heterocycles. The van der Waals surface area contributed by atoms with Crippen molar-refractivity contribution in [2.24, 2.45) is 0 Å². The molecule has 27 heavy (non-hydrogen) atoms. The van der Waals surface area contributed by atoms with Crippen LogP contribution in [0.5, 0.6) is 11.5 Å². The Morgan fingerprint density at radius 2 is 2.11 bits per heavy atom. The molecule has 2 aromatic carbocycles. The van der Waals surface area contributed by atoms with E-state index < -0.39 is 0 Å². The van der Waals surface area contributed by atoms with Crippen LogP contribution < -0.4 is 9.47 Å². The number of fused-ring (bicyclic) bond motifs is 2. The summed E-state index contributed by atoms with van der Waals surface area (Å²) in [6.45, 7) is 0.843. The number of hydrogen-bond donors (Lipinski definition) is 0. The molecule has 0 radical (unpaired) electrons. The molecule has 0 aliphatic carbocycles. The van der Waals surface area contributed by atoms with Crippen LogP contribution in [0.3, 0.4) is 0 Å². The lowest BCUT2D eigenvalue weighted by atomic mass is 10.0. The van der Waals surface area contributed by atoms with Crippen LogP contribution in [0.15, 0.2) is 36.4 Å². The van der Waals surface area contributed by atoms with E-state index in [9.17, 15) is 4.79 Å². The average molecular weight is 401 g/mol. The van der Waals surface area contributed by atoms with Crippen molar-refractivity contribution in [3.63, 3.8) is 0 Å². The number of aromatic nitrogens is 1. The first-order valence-corrected chi connectivity index (χ1v) is 10.2. The van der Waals surface area contributed by atoms with Crippen molar-refractivity contribution < 1.29 is 14.3 Å². The number of para-hydroxylation sites is 1. The highest BCUT2D eigenvalue weighted by atomic mass is 35.5. The second-order valence-electron chi connectivity index (χ2n) is 6.72. The lowest BCUT2D eigenvalue weighted by molar-refractivity contribution is 0.0611. The minimum atomic E-state index is -0.0424. The van der Waals surface area contributed by atoms with Crippen LogP contribution in [-0.2, 0) is 0 Å². The van der Waals surface area contributed by atoms with Crippen LogP contribution in [0.4, 0.5) is 0 Å². The molecular formula is C20H17ClN2O3S. The zero-order valence-electron chi connectivity index (χ0n) is 14.5. The van der Waals surface area contributed by atoms with Gasteiger partial charge >= 0.3 is 0 Å². The largest absolute Gasteiger partial charge is 0.454 e. The standard InChI is InChI=1S/C20H17ClN2O3S/c21-13-9-12(10-16-18(13)26-11-25-16)20(24)23-8-4-3-6-15(23)19-22-14-5-1-2-7-17(14)27-19/h1-2,5,7,9-10,15H,3-4,6,8,11H2. The van der Waals surface area contributed by atoms with Gasteiger partial charge in [-0.2, -0.15) is 0 Å². The van der Waals surface area contributed by atoms with Gasteiger partial charge in [0.05, 0.1) is 21.3 Å². The zero-order chi connectivity index (χ0) is 18.4. The van der Waals surface area contributed by atoms with E-state index in [2.05, 4.69) is 6.07 Å². The van der Waals surface area contributed by atoms with E-state index in [1.54, 1.807) is 23.5 Å². The maximum atomic E-state index is 13.3. The Morgan fingerprint density at radius 1 is 1.22 bits per heavy atom. The third kappa shape index (κ3) is 2.93. The molecule has 1 atom stereocenters. The monoisotopic (exact) mass is 400 g/mol. The predicted octanol–water partition coefficient (Wildman–Crippen LogP) is 5.05. The fraction of sp³-hybridized carbons (Fsp3) is 0.300. The lowest BCUT2D eigenvalue weighted by Crippen LogP contribution is -2.38. The molecule has 2 aliphatic rings. The van der Waals surface area contributed by atoms with Crippen molar-refractivity contribution in [1.29, 1.82) is 0 Å². The van der Waals surface area contributed by atoms with Crippen molar-refractivity contribution >= 4 is 39.1 Å². The normalized spacial score (nSPS) is 18.9. The van der Waals surface area contributed by atoms with Gasteiger partial charge in [0.25, 0.3) is 5.91 Å². The van der Waals surface area contributed by atoms with E-state index in [1.807, 2.05) is 23.1 Å². The molecule has 3 aromatic rings. The number of hydrogen-bond acceptors (Lipinski definition) is 5. The number of likely N-dealkylation sites (tertiary alicyclic amines) is 1. The second-order valence-corrected chi connectivity index (χ2v) is 8.19. The Bertz CT molecular complexity index is 1000. The first-order chi connectivity index (χ1) is 13.2. The van der Waals surface area contributed by atoms with E-state index in [0.29, 0.717) is 28.6 Å². The molecule has 0 spiro atoms. The highest BCUT2D eigenvalue weighted by molar-refractivity contribution is 7.18. The van der Waals surface area contributed by atoms with Gasteiger partial charge < -0.3 is 14.4 Å². The minimum Gasteiger partial charge on any atom is -0.454 e. The van der Waals surface area contributed by atoms with Gasteiger partial charge in [0.1, 0.15) is 5.01 Å². The molecular weight excluding hydrogens is 384 g/mol. The van der Waals surface area contributed by atoms with Gasteiger partial charge in [-0.1, -0.05) is 23.7 Å². The van der Waals surface area contributed by atoms with Crippen molar-refractivity contribution in [3.05, 3.63) is 52.0 Å². The number of benzene rings is 2. The Morgan fingerprint density at radius 3 is 3.00 bits per heavy atom. The number of halogens is 1. The summed E-state index contributed by atoms with van der Waals surface area (Å²) >= 11 is 7.95. The van der Waals surface area contributed by atoms with Crippen molar-refractivity contribution in [2.45, 2.75) is 25.3 Å². The predicted molar refractivity (Wildman–Crippen MR) is 105 cm³/mol. The molecule has 1 saturated heterocycles. The molecule has 1 unspecified atom stereocenters. The number of carbonyl (C=O) groups excluding carboxylic acids is 1. The third-order valence-electron chi connectivity index (χ3n) is 5.03. The Balaban J connectivity index is 1.50. The topological polar surface area (TPSA) is 51.7 Å². The summed E-state index contributed by atoms with van der Waals surface area (Å²) in [6, 6.07) is 11.5. The van der Waals surface area contributed by atoms with Crippen molar-refractivity contribution in [2.75, 3.05) is 13.3 Å². The summed E-state index contributed by atoms with van der Waals surface area (Å²) in [5.41, 5.74) is 1.51. The number of ether oxygens (including phenoxy) is 2. The molecule has 0 N–H and O–H groups in total. The van der Waals surface area contributed by atoms with E-state index in [0.717, 1.165) is 34.5 Å². The quantitative estimate of drug-likeness (QED) is 0.604. The van der Waals surface area contributed by atoms with Gasteiger partial charge in [-0.05, 0) is 43.5 Å². The van der Waals surface area contributed by atoms with Gasteiger partial charge in [0, 0.05) is 12.1 Å². The van der Waals surface area contributed by atoms with Crippen LogP contribution in [0.25, 0.3) is 10.2 Å². The number of piperidine rings is 1. The van der Waals surface area contributed by atoms with Crippen LogP contribution >= 0.6 is 22.9 Å². The van der Waals surface area contributed by atoms with E-state index in [-0.39, 0.29) is 18.7 Å². The SMILES string of the molecule is O=C(c1cc(Cl)c2c(c1)OCO2)N1CCCCC1c1nc2ccccc2s1. The fourth-order valence-corrected chi connectivity index (χ4v) is 5.10. The van der Waals surface area contributed by atoms with Crippen LogP contribution in [0.2, 0.25) is 5.02 Å². The molecule has 0 bridgehead atoms. The Kier molecular flexibility index (Phi) is 4.17. The molecule has 138 valence electrons. The van der Waals surface area contributed by atoms with Gasteiger partial charge in [-0.25, -0.2) is 4.98 Å². The summed E-state index contributed by atoms with van der Waals surface area (Å²) in [4.78, 5) is 20.0. The number of rotatable bonds is 2. The molecule has 7 heteroatoms. The number of carbonyl (C=O) groups is 1. The lowest BCUT2D eigenvalue weighted by Gasteiger charge is -2.34. The average Bonchev–Trinajstić information content (AvgIpc) is 3.34. The van der Waals surface area contributed by atoms with Gasteiger partial charge in [0.15, 0.2) is 11.5 Å². The first kappa shape index (κ1) is 16.8. The van der Waals surface area contributed by atoms with Crippen LogP contribution in [0.1, 0.15) is 40.7 Å². The molecule has 1 amide bonds. The number of amides is 1. The van der Waals surface area contributed by atoms with E-state index in [1.165, 1.54) is 0 Å². The zero-order valence-corrected chi connectivity index (χ0v) is 16.1. The van der Waals surface area contributed by atoms with Gasteiger partial charge in [-0.15, -0.1) is 11.3 Å². The summed E-state index contributed by atoms with van der Waals surface area (Å²) < 4.78 is 11.9. The van der Waals surface area contributed by atoms with E-state index in [4.69, 9.17) is 26.1 Å². The highest BCUT2D eigenvalue weighted by Crippen LogP contribution is 2.41. The molecule has 5 nitrogen and oxygen atoms in total. The molecule has 1 aromatic heterocycles. The van der Waals surface area contributed by atoms with Crippen molar-refractivity contribution in [3.8, 4) is 11.5 Å². The third-order valence-corrected chi connectivity index (χ3v) is 6.45. The van der Waals surface area contributed by atoms with E-state index >= 15 is 0 Å². The summed E-state index contributed by atoms with van der Waals surface area (Å²) in [6.07, 6.45) is 3.00. The molecule has 2 aliphatic heterocycles. The number of thiazole rings is 1. The Hall–Kier alpha value is -2.31. The summed E-state index contributed by atoms with van der Waals surface area (Å²) in [7, 11) is 0. The molecule has 0 saturated carbocycles. The summed E-state index contributed by atoms with van der Waals surface area (Å²) in [5.74, 6) is 0.994. The maximum absolute atomic E-state index is 13.3. The molecule has 1 fully saturated rings. The summed E-state index contributed by atoms with van der Waals surface area (Å²) in [5, 5.41) is 1.40. The van der Waals surface area contributed by atoms with Gasteiger partial charge in [-0.3, -0.25) is 4.79 Å². The second kappa shape index (κ2) is 6.69. The smallest absolute Gasteiger partial charge is 0.254 e. The fourth-order valence-electron chi connectivity index (χ4n) is 3.72. The highest BCUT2D eigenvalue weighted by Gasteiger charge is 2.32. The first-order valence-electron chi connectivity index (χ1n) is 8.96. The van der Waals surface area contributed by atoms with Crippen LogP contribution in [-0.4, -0.2) is 29.1 Å². The molecule has 5 rings (SSSR count). The minimum absolute atomic E-state index is 0.00662. The number of nitrogens with zero attached hydrogens (tertiary/aromatic N) is 2.